The molecule has 0 aromatic carbocycles. The summed E-state index contributed by atoms with van der Waals surface area (Å²) in [7, 11) is 0. The summed E-state index contributed by atoms with van der Waals surface area (Å²) in [5.41, 5.74) is 0. The summed E-state index contributed by atoms with van der Waals surface area (Å²) in [4.78, 5) is 38.0. The minimum Gasteiger partial charge on any atom is -0.462 e. The molecule has 0 heterocycles. The molecule has 0 rings (SSSR count). The van der Waals surface area contributed by atoms with Crippen molar-refractivity contribution in [1.29, 1.82) is 0 Å². The summed E-state index contributed by atoms with van der Waals surface area (Å²) >= 11 is 0. The Labute approximate surface area is 437 Å². The maximum absolute atomic E-state index is 12.8. The molecule has 6 heteroatoms. The average molecular weight is 984 g/mol. The predicted molar refractivity (Wildman–Crippen MR) is 306 cm³/mol. The molecular formula is C65H106O6. The Hall–Kier alpha value is -4.19. The Kier molecular flexibility index (Phi) is 54.9. The minimum atomic E-state index is -0.792. The molecule has 0 aromatic heterocycles. The van der Waals surface area contributed by atoms with Crippen molar-refractivity contribution in [3.05, 3.63) is 122 Å². The third-order valence-corrected chi connectivity index (χ3v) is 12.0. The van der Waals surface area contributed by atoms with Gasteiger partial charge in [-0.25, -0.2) is 0 Å². The van der Waals surface area contributed by atoms with E-state index in [1.54, 1.807) is 0 Å². The number of rotatable bonds is 51. The van der Waals surface area contributed by atoms with Gasteiger partial charge in [0.05, 0.1) is 0 Å². The van der Waals surface area contributed by atoms with Crippen molar-refractivity contribution in [3.8, 4) is 0 Å². The minimum absolute atomic E-state index is 0.0899. The van der Waals surface area contributed by atoms with E-state index >= 15 is 0 Å². The lowest BCUT2D eigenvalue weighted by Crippen LogP contribution is -2.30. The molecule has 1 unspecified atom stereocenters. The van der Waals surface area contributed by atoms with Gasteiger partial charge in [0.2, 0.25) is 0 Å². The monoisotopic (exact) mass is 983 g/mol. The van der Waals surface area contributed by atoms with Gasteiger partial charge in [0, 0.05) is 19.3 Å². The van der Waals surface area contributed by atoms with E-state index in [1.165, 1.54) is 77.0 Å². The van der Waals surface area contributed by atoms with Crippen LogP contribution in [0.3, 0.4) is 0 Å². The second kappa shape index (κ2) is 58.4. The molecule has 6 nitrogen and oxygen atoms in total. The van der Waals surface area contributed by atoms with Gasteiger partial charge in [0.25, 0.3) is 0 Å². The Morgan fingerprint density at radius 3 is 0.859 bits per heavy atom. The molecule has 0 bridgehead atoms. The number of carbonyl (C=O) groups is 3. The zero-order chi connectivity index (χ0) is 51.4. The molecule has 0 saturated carbocycles. The first-order valence-electron chi connectivity index (χ1n) is 29.0. The van der Waals surface area contributed by atoms with E-state index in [2.05, 4.69) is 142 Å². The van der Waals surface area contributed by atoms with E-state index in [0.717, 1.165) is 135 Å². The summed E-state index contributed by atoms with van der Waals surface area (Å²) in [6.07, 6.45) is 80.7. The molecular weight excluding hydrogens is 877 g/mol. The van der Waals surface area contributed by atoms with Gasteiger partial charge >= 0.3 is 17.9 Å². The van der Waals surface area contributed by atoms with Crippen molar-refractivity contribution in [1.82, 2.24) is 0 Å². The third-order valence-electron chi connectivity index (χ3n) is 12.0. The quantitative estimate of drug-likeness (QED) is 0.0261. The van der Waals surface area contributed by atoms with Gasteiger partial charge in [-0.2, -0.15) is 0 Å². The van der Waals surface area contributed by atoms with Crippen LogP contribution in [-0.2, 0) is 28.6 Å². The molecule has 0 aliphatic carbocycles. The van der Waals surface area contributed by atoms with Gasteiger partial charge in [0.15, 0.2) is 6.10 Å². The number of ether oxygens (including phenoxy) is 3. The zero-order valence-corrected chi connectivity index (χ0v) is 45.9. The van der Waals surface area contributed by atoms with Crippen LogP contribution in [0.5, 0.6) is 0 Å². The predicted octanol–water partition coefficient (Wildman–Crippen LogP) is 19.6. The van der Waals surface area contributed by atoms with Gasteiger partial charge < -0.3 is 14.2 Å². The van der Waals surface area contributed by atoms with E-state index in [9.17, 15) is 14.4 Å². The molecule has 0 saturated heterocycles. The van der Waals surface area contributed by atoms with Crippen molar-refractivity contribution < 1.29 is 28.6 Å². The lowest BCUT2D eigenvalue weighted by Gasteiger charge is -2.18. The number of hydrogen-bond acceptors (Lipinski definition) is 6. The lowest BCUT2D eigenvalue weighted by molar-refractivity contribution is -0.167. The van der Waals surface area contributed by atoms with E-state index < -0.39 is 6.10 Å². The van der Waals surface area contributed by atoms with Crippen molar-refractivity contribution >= 4 is 17.9 Å². The number of carbonyl (C=O) groups excluding carboxylic acids is 3. The van der Waals surface area contributed by atoms with Crippen molar-refractivity contribution in [2.45, 2.75) is 258 Å². The van der Waals surface area contributed by atoms with Crippen molar-refractivity contribution in [3.63, 3.8) is 0 Å². The smallest absolute Gasteiger partial charge is 0.306 e. The second-order valence-corrected chi connectivity index (χ2v) is 18.8. The Morgan fingerprint density at radius 1 is 0.296 bits per heavy atom. The first kappa shape index (κ1) is 66.8. The standard InChI is InChI=1S/C65H106O6/c1-4-7-10-13-16-18-20-22-24-26-28-30-32-34-36-38-40-42-44-46-49-52-55-58-64(67)70-61-62(60-69-63(66)57-54-51-48-15-12-9-6-3)71-65(68)59-56-53-50-47-45-43-41-39-37-35-33-31-29-27-25-23-21-19-17-14-11-8-5-2/h7-8,10-11,16-19,22-25,28-31,34,36,40,42,62H,4-6,9,12-15,20-21,26-27,32-33,35,37-39,41,43-61H2,1-3H3/b10-7-,11-8-,18-16-,19-17-,24-22-,25-23-,30-28-,31-29-,36-34-,42-40-. The van der Waals surface area contributed by atoms with Gasteiger partial charge in [-0.3, -0.25) is 14.4 Å². The van der Waals surface area contributed by atoms with Gasteiger partial charge in [-0.05, 0) is 109 Å². The summed E-state index contributed by atoms with van der Waals surface area (Å²) in [6, 6.07) is 0. The molecule has 0 amide bonds. The Morgan fingerprint density at radius 2 is 0.549 bits per heavy atom. The molecule has 0 radical (unpaired) electrons. The van der Waals surface area contributed by atoms with Crippen LogP contribution in [0.25, 0.3) is 0 Å². The van der Waals surface area contributed by atoms with E-state index in [0.29, 0.717) is 19.3 Å². The highest BCUT2D eigenvalue weighted by Crippen LogP contribution is 2.15. The highest BCUT2D eigenvalue weighted by atomic mass is 16.6. The van der Waals surface area contributed by atoms with Crippen LogP contribution in [0, 0.1) is 0 Å². The van der Waals surface area contributed by atoms with Gasteiger partial charge in [-0.1, -0.05) is 245 Å². The van der Waals surface area contributed by atoms with Gasteiger partial charge in [0.1, 0.15) is 13.2 Å². The average Bonchev–Trinajstić information content (AvgIpc) is 3.37. The van der Waals surface area contributed by atoms with Gasteiger partial charge in [-0.15, -0.1) is 0 Å². The van der Waals surface area contributed by atoms with E-state index in [4.69, 9.17) is 14.2 Å². The van der Waals surface area contributed by atoms with E-state index in [1.807, 2.05) is 0 Å². The van der Waals surface area contributed by atoms with Crippen LogP contribution in [0.4, 0.5) is 0 Å². The molecule has 0 fully saturated rings. The summed E-state index contributed by atoms with van der Waals surface area (Å²) in [5.74, 6) is -0.928. The fraction of sp³-hybridized carbons (Fsp3) is 0.646. The number of allylic oxidation sites excluding steroid dienone is 20. The fourth-order valence-corrected chi connectivity index (χ4v) is 7.67. The Balaban J connectivity index is 4.27. The number of esters is 3. The number of unbranched alkanes of at least 4 members (excludes halogenated alkanes) is 20. The largest absolute Gasteiger partial charge is 0.462 e. The molecule has 0 N–H and O–H groups in total. The van der Waals surface area contributed by atoms with Crippen LogP contribution in [0.15, 0.2) is 122 Å². The summed E-state index contributed by atoms with van der Waals surface area (Å²) in [5, 5.41) is 0. The van der Waals surface area contributed by atoms with Crippen LogP contribution >= 0.6 is 0 Å². The molecule has 0 aliphatic heterocycles. The Bertz CT molecular complexity index is 1500. The molecule has 1 atom stereocenters. The van der Waals surface area contributed by atoms with Crippen LogP contribution in [0.2, 0.25) is 0 Å². The lowest BCUT2D eigenvalue weighted by atomic mass is 10.0. The first-order chi connectivity index (χ1) is 35.0. The molecule has 0 aromatic rings. The van der Waals surface area contributed by atoms with Crippen molar-refractivity contribution in [2.24, 2.45) is 0 Å². The molecule has 71 heavy (non-hydrogen) atoms. The second-order valence-electron chi connectivity index (χ2n) is 18.8. The molecule has 0 spiro atoms. The summed E-state index contributed by atoms with van der Waals surface area (Å²) < 4.78 is 16.8. The number of hydrogen-bond donors (Lipinski definition) is 0. The SMILES string of the molecule is CC/C=C\C/C=C\C/C=C\C/C=C\C/C=C\C/C=C\CCCCCCC(=O)OCC(COC(=O)CCCCCCCCC)OC(=O)CCCCCCCCCCCC/C=C\C/C=C\C/C=C\C/C=C\CC. The van der Waals surface area contributed by atoms with Crippen LogP contribution < -0.4 is 0 Å². The van der Waals surface area contributed by atoms with Crippen LogP contribution in [-0.4, -0.2) is 37.2 Å². The maximum Gasteiger partial charge on any atom is 0.306 e. The highest BCUT2D eigenvalue weighted by Gasteiger charge is 2.19. The fourth-order valence-electron chi connectivity index (χ4n) is 7.67. The molecule has 402 valence electrons. The first-order valence-corrected chi connectivity index (χ1v) is 29.0. The third kappa shape index (κ3) is 56.6. The summed E-state index contributed by atoms with van der Waals surface area (Å²) in [6.45, 7) is 6.34. The maximum atomic E-state index is 12.8. The molecule has 0 aliphatic rings. The zero-order valence-electron chi connectivity index (χ0n) is 45.9. The highest BCUT2D eigenvalue weighted by molar-refractivity contribution is 5.71. The van der Waals surface area contributed by atoms with E-state index in [-0.39, 0.29) is 31.1 Å². The van der Waals surface area contributed by atoms with Crippen molar-refractivity contribution in [2.75, 3.05) is 13.2 Å². The normalized spacial score (nSPS) is 13.0. The topological polar surface area (TPSA) is 78.9 Å². The van der Waals surface area contributed by atoms with Crippen LogP contribution in [0.1, 0.15) is 252 Å².